The van der Waals surface area contributed by atoms with E-state index in [1.54, 1.807) is 0 Å². The van der Waals surface area contributed by atoms with E-state index in [4.69, 9.17) is 5.73 Å². The van der Waals surface area contributed by atoms with Gasteiger partial charge in [0.25, 0.3) is 0 Å². The van der Waals surface area contributed by atoms with Crippen molar-refractivity contribution >= 4 is 0 Å². The van der Waals surface area contributed by atoms with E-state index in [1.165, 1.54) is 38.8 Å². The van der Waals surface area contributed by atoms with Crippen LogP contribution in [0, 0.1) is 11.3 Å². The molecule has 0 saturated carbocycles. The summed E-state index contributed by atoms with van der Waals surface area (Å²) in [6.45, 7) is 7.98. The summed E-state index contributed by atoms with van der Waals surface area (Å²) in [4.78, 5) is 2.43. The molecule has 2 N–H and O–H groups in total. The standard InChI is InChI=1S/C12H26N2/c1-4-12(5-2,10-13)11-6-8-14(3)9-7-11/h11H,4-10,13H2,1-3H3. The fraction of sp³-hybridized carbons (Fsp3) is 1.00. The van der Waals surface area contributed by atoms with Crippen molar-refractivity contribution in [2.45, 2.75) is 39.5 Å². The topological polar surface area (TPSA) is 29.3 Å². The van der Waals surface area contributed by atoms with Crippen molar-refractivity contribution in [3.63, 3.8) is 0 Å². The van der Waals surface area contributed by atoms with Crippen LogP contribution in [0.25, 0.3) is 0 Å². The lowest BCUT2D eigenvalue weighted by Crippen LogP contribution is -2.43. The summed E-state index contributed by atoms with van der Waals surface area (Å²) in [5.41, 5.74) is 6.41. The SMILES string of the molecule is CCC(CC)(CN)C1CCN(C)CC1. The Morgan fingerprint density at radius 2 is 1.71 bits per heavy atom. The summed E-state index contributed by atoms with van der Waals surface area (Å²) >= 11 is 0. The second-order valence-corrected chi connectivity index (χ2v) is 4.85. The maximum atomic E-state index is 5.98. The van der Waals surface area contributed by atoms with Gasteiger partial charge in [-0.15, -0.1) is 0 Å². The molecule has 0 atom stereocenters. The number of nitrogens with zero attached hydrogens (tertiary/aromatic N) is 1. The first kappa shape index (κ1) is 12.0. The molecule has 1 rings (SSSR count). The smallest absolute Gasteiger partial charge is 0.00181 e. The van der Waals surface area contributed by atoms with Gasteiger partial charge in [-0.3, -0.25) is 0 Å². The zero-order valence-corrected chi connectivity index (χ0v) is 10.1. The summed E-state index contributed by atoms with van der Waals surface area (Å²) in [6, 6.07) is 0. The van der Waals surface area contributed by atoms with Gasteiger partial charge in [0.05, 0.1) is 0 Å². The quantitative estimate of drug-likeness (QED) is 0.749. The Labute approximate surface area is 88.8 Å². The third-order valence-corrected chi connectivity index (χ3v) is 4.40. The van der Waals surface area contributed by atoms with Crippen LogP contribution in [0.3, 0.4) is 0 Å². The lowest BCUT2D eigenvalue weighted by atomic mass is 9.67. The lowest BCUT2D eigenvalue weighted by Gasteiger charge is -2.43. The molecule has 0 radical (unpaired) electrons. The van der Waals surface area contributed by atoms with Gasteiger partial charge in [-0.1, -0.05) is 13.8 Å². The zero-order chi connectivity index (χ0) is 10.6. The van der Waals surface area contributed by atoms with Crippen LogP contribution in [-0.2, 0) is 0 Å². The molecule has 0 bridgehead atoms. The Morgan fingerprint density at radius 3 is 2.07 bits per heavy atom. The molecule has 2 nitrogen and oxygen atoms in total. The highest BCUT2D eigenvalue weighted by molar-refractivity contribution is 4.88. The molecule has 1 saturated heterocycles. The van der Waals surface area contributed by atoms with E-state index in [1.807, 2.05) is 0 Å². The molecule has 0 amide bonds. The predicted molar refractivity (Wildman–Crippen MR) is 62.3 cm³/mol. The first-order valence-electron chi connectivity index (χ1n) is 6.07. The van der Waals surface area contributed by atoms with E-state index < -0.39 is 0 Å². The van der Waals surface area contributed by atoms with Crippen LogP contribution in [0.15, 0.2) is 0 Å². The molecular weight excluding hydrogens is 172 g/mol. The van der Waals surface area contributed by atoms with Gasteiger partial charge >= 0.3 is 0 Å². The molecule has 0 spiro atoms. The van der Waals surface area contributed by atoms with Crippen LogP contribution in [-0.4, -0.2) is 31.6 Å². The van der Waals surface area contributed by atoms with E-state index in [0.29, 0.717) is 5.41 Å². The zero-order valence-electron chi connectivity index (χ0n) is 10.1. The minimum Gasteiger partial charge on any atom is -0.330 e. The molecule has 1 heterocycles. The van der Waals surface area contributed by atoms with E-state index >= 15 is 0 Å². The summed E-state index contributed by atoms with van der Waals surface area (Å²) in [5, 5.41) is 0. The Morgan fingerprint density at radius 1 is 1.21 bits per heavy atom. The predicted octanol–water partition coefficient (Wildman–Crippen LogP) is 2.09. The van der Waals surface area contributed by atoms with Crippen molar-refractivity contribution in [3.8, 4) is 0 Å². The van der Waals surface area contributed by atoms with Gasteiger partial charge in [-0.05, 0) is 63.7 Å². The largest absolute Gasteiger partial charge is 0.330 e. The van der Waals surface area contributed by atoms with Gasteiger partial charge in [-0.2, -0.15) is 0 Å². The van der Waals surface area contributed by atoms with Gasteiger partial charge in [0.1, 0.15) is 0 Å². The molecule has 1 fully saturated rings. The molecule has 1 aliphatic rings. The van der Waals surface area contributed by atoms with E-state index in [0.717, 1.165) is 12.5 Å². The number of hydrogen-bond donors (Lipinski definition) is 1. The van der Waals surface area contributed by atoms with Crippen molar-refractivity contribution in [1.29, 1.82) is 0 Å². The number of piperidine rings is 1. The summed E-state index contributed by atoms with van der Waals surface area (Å²) < 4.78 is 0. The highest BCUT2D eigenvalue weighted by Crippen LogP contribution is 2.40. The average molecular weight is 198 g/mol. The van der Waals surface area contributed by atoms with Gasteiger partial charge in [-0.25, -0.2) is 0 Å². The van der Waals surface area contributed by atoms with Crippen LogP contribution >= 0.6 is 0 Å². The summed E-state index contributed by atoms with van der Waals surface area (Å²) in [5.74, 6) is 0.860. The second-order valence-electron chi connectivity index (χ2n) is 4.85. The van der Waals surface area contributed by atoms with Crippen molar-refractivity contribution < 1.29 is 0 Å². The Bertz CT molecular complexity index is 147. The summed E-state index contributed by atoms with van der Waals surface area (Å²) in [6.07, 6.45) is 5.17. The van der Waals surface area contributed by atoms with Crippen molar-refractivity contribution in [3.05, 3.63) is 0 Å². The van der Waals surface area contributed by atoms with Crippen LogP contribution in [0.2, 0.25) is 0 Å². The van der Waals surface area contributed by atoms with Crippen LogP contribution < -0.4 is 5.73 Å². The van der Waals surface area contributed by atoms with Crippen molar-refractivity contribution in [2.24, 2.45) is 17.1 Å². The van der Waals surface area contributed by atoms with Gasteiger partial charge < -0.3 is 10.6 Å². The molecule has 2 heteroatoms. The Balaban J connectivity index is 2.60. The molecule has 1 aliphatic heterocycles. The molecule has 0 aliphatic carbocycles. The summed E-state index contributed by atoms with van der Waals surface area (Å²) in [7, 11) is 2.22. The molecule has 0 aromatic rings. The fourth-order valence-electron chi connectivity index (χ4n) is 2.90. The maximum absolute atomic E-state index is 5.98. The van der Waals surface area contributed by atoms with Crippen molar-refractivity contribution in [2.75, 3.05) is 26.7 Å². The lowest BCUT2D eigenvalue weighted by molar-refractivity contribution is 0.0828. The average Bonchev–Trinajstić information content (AvgIpc) is 2.24. The number of likely N-dealkylation sites (tertiary alicyclic amines) is 1. The van der Waals surface area contributed by atoms with Crippen molar-refractivity contribution in [1.82, 2.24) is 4.90 Å². The first-order chi connectivity index (χ1) is 6.68. The van der Waals surface area contributed by atoms with E-state index in [2.05, 4.69) is 25.8 Å². The minimum absolute atomic E-state index is 0.432. The van der Waals surface area contributed by atoms with E-state index in [9.17, 15) is 0 Å². The molecule has 0 aromatic carbocycles. The van der Waals surface area contributed by atoms with Crippen LogP contribution in [0.1, 0.15) is 39.5 Å². The van der Waals surface area contributed by atoms with Gasteiger partial charge in [0.15, 0.2) is 0 Å². The second kappa shape index (κ2) is 5.13. The van der Waals surface area contributed by atoms with E-state index in [-0.39, 0.29) is 0 Å². The monoisotopic (exact) mass is 198 g/mol. The first-order valence-corrected chi connectivity index (χ1v) is 6.07. The number of rotatable bonds is 4. The number of hydrogen-bond acceptors (Lipinski definition) is 2. The molecule has 0 aromatic heterocycles. The molecule has 84 valence electrons. The van der Waals surface area contributed by atoms with Gasteiger partial charge in [0.2, 0.25) is 0 Å². The third-order valence-electron chi connectivity index (χ3n) is 4.40. The molecule has 0 unspecified atom stereocenters. The Hall–Kier alpha value is -0.0800. The number of nitrogens with two attached hydrogens (primary N) is 1. The Kier molecular flexibility index (Phi) is 4.39. The van der Waals surface area contributed by atoms with Gasteiger partial charge in [0, 0.05) is 0 Å². The highest BCUT2D eigenvalue weighted by atomic mass is 15.1. The fourth-order valence-corrected chi connectivity index (χ4v) is 2.90. The minimum atomic E-state index is 0.432. The van der Waals surface area contributed by atoms with Crippen LogP contribution in [0.5, 0.6) is 0 Å². The maximum Gasteiger partial charge on any atom is -0.00181 e. The van der Waals surface area contributed by atoms with Crippen LogP contribution in [0.4, 0.5) is 0 Å². The highest BCUT2D eigenvalue weighted by Gasteiger charge is 2.35. The third kappa shape index (κ3) is 2.29. The molecule has 14 heavy (non-hydrogen) atoms. The molecular formula is C12H26N2. The normalized spacial score (nSPS) is 21.4.